The van der Waals surface area contributed by atoms with Crippen LogP contribution in [0.25, 0.3) is 11.1 Å². The molecule has 6 nitrogen and oxygen atoms in total. The number of rotatable bonds is 5. The number of carboxylic acid groups (broad SMARTS) is 1. The Balaban J connectivity index is 2.68. The van der Waals surface area contributed by atoms with Gasteiger partial charge in [0.05, 0.1) is 30.4 Å². The number of ether oxygens (including phenoxy) is 2. The molecule has 0 atom stereocenters. The molecular weight excluding hydrogens is 312 g/mol. The number of carbonyl (C=O) groups is 3. The zero-order chi connectivity index (χ0) is 17.7. The van der Waals surface area contributed by atoms with Gasteiger partial charge in [0.25, 0.3) is 0 Å². The summed E-state index contributed by atoms with van der Waals surface area (Å²) in [6, 6.07) is 10.6. The predicted octanol–water partition coefficient (Wildman–Crippen LogP) is 3.02. The molecule has 2 aromatic carbocycles. The van der Waals surface area contributed by atoms with Gasteiger partial charge in [-0.2, -0.15) is 0 Å². The van der Waals surface area contributed by atoms with E-state index >= 15 is 0 Å². The summed E-state index contributed by atoms with van der Waals surface area (Å²) in [4.78, 5) is 35.4. The van der Waals surface area contributed by atoms with E-state index in [9.17, 15) is 19.5 Å². The van der Waals surface area contributed by atoms with Crippen LogP contribution in [0.1, 0.15) is 38.0 Å². The van der Waals surface area contributed by atoms with Crippen LogP contribution < -0.4 is 0 Å². The third-order valence-electron chi connectivity index (χ3n) is 3.38. The van der Waals surface area contributed by atoms with Gasteiger partial charge in [-0.25, -0.2) is 14.4 Å². The molecule has 1 N–H and O–H groups in total. The molecule has 0 amide bonds. The number of carboxylic acids is 1. The average Bonchev–Trinajstić information content (AvgIpc) is 2.60. The Kier molecular flexibility index (Phi) is 5.31. The molecule has 24 heavy (non-hydrogen) atoms. The van der Waals surface area contributed by atoms with Crippen LogP contribution in [-0.2, 0) is 9.47 Å². The van der Waals surface area contributed by atoms with Gasteiger partial charge in [-0.3, -0.25) is 0 Å². The first-order valence-electron chi connectivity index (χ1n) is 7.21. The summed E-state index contributed by atoms with van der Waals surface area (Å²) in [6.45, 7) is 1.88. The van der Waals surface area contributed by atoms with Crippen molar-refractivity contribution >= 4 is 17.9 Å². The summed E-state index contributed by atoms with van der Waals surface area (Å²) < 4.78 is 9.68. The van der Waals surface area contributed by atoms with E-state index in [4.69, 9.17) is 9.47 Å². The molecule has 0 aromatic heterocycles. The highest BCUT2D eigenvalue weighted by molar-refractivity contribution is 6.04. The molecule has 0 saturated carbocycles. The number of hydrogen-bond donors (Lipinski definition) is 1. The predicted molar refractivity (Wildman–Crippen MR) is 86.1 cm³/mol. The number of aromatic carboxylic acids is 1. The first-order chi connectivity index (χ1) is 11.5. The smallest absolute Gasteiger partial charge is 0.338 e. The lowest BCUT2D eigenvalue weighted by Crippen LogP contribution is -2.09. The van der Waals surface area contributed by atoms with Gasteiger partial charge in [-0.1, -0.05) is 18.2 Å². The van der Waals surface area contributed by atoms with Crippen molar-refractivity contribution < 1.29 is 29.0 Å². The summed E-state index contributed by atoms with van der Waals surface area (Å²) in [5.41, 5.74) is 1.00. The van der Waals surface area contributed by atoms with E-state index in [2.05, 4.69) is 0 Å². The highest BCUT2D eigenvalue weighted by atomic mass is 16.5. The summed E-state index contributed by atoms with van der Waals surface area (Å²) in [7, 11) is 1.24. The maximum Gasteiger partial charge on any atom is 0.338 e. The lowest BCUT2D eigenvalue weighted by atomic mass is 9.93. The normalized spacial score (nSPS) is 10.1. The van der Waals surface area contributed by atoms with Gasteiger partial charge in [0.2, 0.25) is 0 Å². The van der Waals surface area contributed by atoms with Crippen LogP contribution in [-0.4, -0.2) is 36.7 Å². The van der Waals surface area contributed by atoms with Crippen LogP contribution in [0, 0.1) is 0 Å². The highest BCUT2D eigenvalue weighted by Gasteiger charge is 2.20. The van der Waals surface area contributed by atoms with E-state index < -0.39 is 17.9 Å². The summed E-state index contributed by atoms with van der Waals surface area (Å²) >= 11 is 0. The molecule has 0 spiro atoms. The van der Waals surface area contributed by atoms with Gasteiger partial charge in [0.1, 0.15) is 0 Å². The van der Waals surface area contributed by atoms with E-state index in [1.807, 2.05) is 0 Å². The molecule has 0 radical (unpaired) electrons. The molecule has 2 aromatic rings. The zero-order valence-electron chi connectivity index (χ0n) is 13.2. The van der Waals surface area contributed by atoms with Crippen molar-refractivity contribution in [3.05, 3.63) is 59.2 Å². The van der Waals surface area contributed by atoms with E-state index in [-0.39, 0.29) is 28.9 Å². The second kappa shape index (κ2) is 7.41. The molecule has 0 aliphatic rings. The third kappa shape index (κ3) is 3.43. The molecule has 6 heteroatoms. The maximum atomic E-state index is 11.9. The molecular formula is C18H16O6. The van der Waals surface area contributed by atoms with Crippen molar-refractivity contribution in [2.45, 2.75) is 6.92 Å². The average molecular weight is 328 g/mol. The lowest BCUT2D eigenvalue weighted by molar-refractivity contribution is 0.0524. The Morgan fingerprint density at radius 3 is 2.29 bits per heavy atom. The van der Waals surface area contributed by atoms with Crippen molar-refractivity contribution in [2.75, 3.05) is 13.7 Å². The van der Waals surface area contributed by atoms with Gasteiger partial charge in [-0.05, 0) is 42.3 Å². The Hall–Kier alpha value is -3.15. The SMILES string of the molecule is CCOC(=O)c1ccc(C(=O)O)c(-c2ccccc2C(=O)OC)c1. The monoisotopic (exact) mass is 328 g/mol. The molecule has 0 bridgehead atoms. The van der Waals surface area contributed by atoms with Crippen molar-refractivity contribution in [3.63, 3.8) is 0 Å². The van der Waals surface area contributed by atoms with Gasteiger partial charge in [0.15, 0.2) is 0 Å². The third-order valence-corrected chi connectivity index (χ3v) is 3.38. The van der Waals surface area contributed by atoms with Crippen molar-refractivity contribution in [2.24, 2.45) is 0 Å². The number of benzene rings is 2. The first-order valence-corrected chi connectivity index (χ1v) is 7.21. The number of carbonyl (C=O) groups excluding carboxylic acids is 2. The van der Waals surface area contributed by atoms with Crippen molar-refractivity contribution in [3.8, 4) is 11.1 Å². The molecule has 124 valence electrons. The second-order valence-corrected chi connectivity index (χ2v) is 4.82. The van der Waals surface area contributed by atoms with E-state index in [1.54, 1.807) is 25.1 Å². The van der Waals surface area contributed by atoms with Crippen LogP contribution in [0.3, 0.4) is 0 Å². The molecule has 0 unspecified atom stereocenters. The van der Waals surface area contributed by atoms with Crippen molar-refractivity contribution in [1.82, 2.24) is 0 Å². The highest BCUT2D eigenvalue weighted by Crippen LogP contribution is 2.29. The van der Waals surface area contributed by atoms with E-state index in [1.165, 1.54) is 31.4 Å². The minimum Gasteiger partial charge on any atom is -0.478 e. The molecule has 0 saturated heterocycles. The second-order valence-electron chi connectivity index (χ2n) is 4.82. The lowest BCUT2D eigenvalue weighted by Gasteiger charge is -2.12. The van der Waals surface area contributed by atoms with Crippen LogP contribution in [0.4, 0.5) is 0 Å². The quantitative estimate of drug-likeness (QED) is 0.849. The molecule has 0 aliphatic heterocycles. The Morgan fingerprint density at radius 2 is 1.67 bits per heavy atom. The molecule has 0 heterocycles. The van der Waals surface area contributed by atoms with Gasteiger partial charge < -0.3 is 14.6 Å². The topological polar surface area (TPSA) is 89.9 Å². The standard InChI is InChI=1S/C18H16O6/c1-3-24-17(21)11-8-9-13(16(19)20)15(10-11)12-6-4-5-7-14(12)18(22)23-2/h4-10H,3H2,1-2H3,(H,19,20). The van der Waals surface area contributed by atoms with Crippen LogP contribution in [0.5, 0.6) is 0 Å². The summed E-state index contributed by atoms with van der Waals surface area (Å²) in [6.07, 6.45) is 0. The van der Waals surface area contributed by atoms with Crippen LogP contribution >= 0.6 is 0 Å². The Labute approximate surface area is 138 Å². The first kappa shape index (κ1) is 17.2. The van der Waals surface area contributed by atoms with Crippen molar-refractivity contribution in [1.29, 1.82) is 0 Å². The number of methoxy groups -OCH3 is 1. The summed E-state index contributed by atoms with van der Waals surface area (Å²) in [5.74, 6) is -2.32. The Bertz CT molecular complexity index is 794. The van der Waals surface area contributed by atoms with Crippen LogP contribution in [0.15, 0.2) is 42.5 Å². The minimum atomic E-state index is -1.17. The minimum absolute atomic E-state index is 0.0283. The number of esters is 2. The molecule has 0 aliphatic carbocycles. The maximum absolute atomic E-state index is 11.9. The van der Waals surface area contributed by atoms with Crippen LogP contribution in [0.2, 0.25) is 0 Å². The van der Waals surface area contributed by atoms with E-state index in [0.717, 1.165) is 0 Å². The van der Waals surface area contributed by atoms with Gasteiger partial charge >= 0.3 is 17.9 Å². The fourth-order valence-corrected chi connectivity index (χ4v) is 2.30. The Morgan fingerprint density at radius 1 is 0.958 bits per heavy atom. The van der Waals surface area contributed by atoms with Gasteiger partial charge in [0, 0.05) is 0 Å². The largest absolute Gasteiger partial charge is 0.478 e. The molecule has 0 fully saturated rings. The van der Waals surface area contributed by atoms with E-state index in [0.29, 0.717) is 5.56 Å². The zero-order valence-corrected chi connectivity index (χ0v) is 13.2. The van der Waals surface area contributed by atoms with Gasteiger partial charge in [-0.15, -0.1) is 0 Å². The fourth-order valence-electron chi connectivity index (χ4n) is 2.30. The summed E-state index contributed by atoms with van der Waals surface area (Å²) in [5, 5.41) is 9.41. The number of hydrogen-bond acceptors (Lipinski definition) is 5. The molecule has 2 rings (SSSR count). The fraction of sp³-hybridized carbons (Fsp3) is 0.167.